The van der Waals surface area contributed by atoms with E-state index < -0.39 is 6.03 Å². The molecule has 0 radical (unpaired) electrons. The van der Waals surface area contributed by atoms with Crippen LogP contribution in [0.5, 0.6) is 5.75 Å². The molecule has 0 bridgehead atoms. The van der Waals surface area contributed by atoms with E-state index in [-0.39, 0.29) is 23.8 Å². The highest BCUT2D eigenvalue weighted by Crippen LogP contribution is 2.33. The summed E-state index contributed by atoms with van der Waals surface area (Å²) in [6.07, 6.45) is 6.96. The number of anilines is 2. The molecule has 11 heteroatoms. The molecule has 0 unspecified atom stereocenters. The number of rotatable bonds is 8. The second-order valence-corrected chi connectivity index (χ2v) is 10.9. The SMILES string of the molecule is N#Cc1cc2c(C3=CC=C(NC(=O)Nc4ccc5c(c4)CCC(=O)N5)C(=O)C3)ccnc2cc1OCCCN1CCOCC1. The van der Waals surface area contributed by atoms with Crippen LogP contribution in [0.1, 0.15) is 36.0 Å². The molecule has 3 aliphatic rings. The molecule has 11 nitrogen and oxygen atoms in total. The van der Waals surface area contributed by atoms with Gasteiger partial charge in [0.25, 0.3) is 0 Å². The van der Waals surface area contributed by atoms with Crippen molar-refractivity contribution in [2.24, 2.45) is 0 Å². The number of aromatic nitrogens is 1. The number of pyridine rings is 1. The van der Waals surface area contributed by atoms with Crippen molar-refractivity contribution in [3.05, 3.63) is 77.1 Å². The highest BCUT2D eigenvalue weighted by atomic mass is 16.5. The first-order chi connectivity index (χ1) is 21.5. The van der Waals surface area contributed by atoms with Crippen LogP contribution in [-0.4, -0.2) is 67.1 Å². The molecular weight excluding hydrogens is 560 g/mol. The van der Waals surface area contributed by atoms with E-state index in [1.807, 2.05) is 12.1 Å². The van der Waals surface area contributed by atoms with Crippen LogP contribution >= 0.6 is 0 Å². The zero-order valence-corrected chi connectivity index (χ0v) is 24.2. The lowest BCUT2D eigenvalue weighted by Gasteiger charge is -2.26. The fourth-order valence-electron chi connectivity index (χ4n) is 5.60. The molecule has 6 rings (SSSR count). The topological polar surface area (TPSA) is 146 Å². The predicted octanol–water partition coefficient (Wildman–Crippen LogP) is 4.15. The van der Waals surface area contributed by atoms with Gasteiger partial charge in [0.2, 0.25) is 5.91 Å². The average Bonchev–Trinajstić information content (AvgIpc) is 3.04. The highest BCUT2D eigenvalue weighted by molar-refractivity contribution is 6.09. The van der Waals surface area contributed by atoms with Crippen LogP contribution in [0.25, 0.3) is 16.5 Å². The van der Waals surface area contributed by atoms with Gasteiger partial charge < -0.3 is 25.4 Å². The summed E-state index contributed by atoms with van der Waals surface area (Å²) >= 11 is 0. The smallest absolute Gasteiger partial charge is 0.323 e. The van der Waals surface area contributed by atoms with Crippen LogP contribution in [0.3, 0.4) is 0 Å². The Morgan fingerprint density at radius 2 is 1.95 bits per heavy atom. The Bertz CT molecular complexity index is 1730. The number of ether oxygens (including phenoxy) is 2. The van der Waals surface area contributed by atoms with Gasteiger partial charge >= 0.3 is 6.03 Å². The molecule has 3 aromatic rings. The Labute approximate surface area is 254 Å². The fourth-order valence-corrected chi connectivity index (χ4v) is 5.60. The molecule has 3 heterocycles. The Morgan fingerprint density at radius 3 is 2.77 bits per heavy atom. The molecule has 2 aromatic carbocycles. The number of aryl methyl sites for hydroxylation is 1. The lowest BCUT2D eigenvalue weighted by molar-refractivity contribution is -0.116. The third-order valence-corrected chi connectivity index (χ3v) is 7.90. The van der Waals surface area contributed by atoms with Crippen LogP contribution in [0.2, 0.25) is 0 Å². The summed E-state index contributed by atoms with van der Waals surface area (Å²) in [4.78, 5) is 44.2. The first kappa shape index (κ1) is 29.0. The summed E-state index contributed by atoms with van der Waals surface area (Å²) in [7, 11) is 0. The minimum Gasteiger partial charge on any atom is -0.492 e. The maximum atomic E-state index is 13.1. The van der Waals surface area contributed by atoms with Crippen LogP contribution in [0.15, 0.2) is 60.4 Å². The lowest BCUT2D eigenvalue weighted by atomic mass is 9.92. The summed E-state index contributed by atoms with van der Waals surface area (Å²) in [5, 5.41) is 18.8. The summed E-state index contributed by atoms with van der Waals surface area (Å²) in [6.45, 7) is 4.73. The average molecular weight is 593 g/mol. The maximum Gasteiger partial charge on any atom is 0.323 e. The van der Waals surface area contributed by atoms with Crippen molar-refractivity contribution in [2.75, 3.05) is 50.1 Å². The molecule has 1 saturated heterocycles. The van der Waals surface area contributed by atoms with Crippen molar-refractivity contribution >= 4 is 45.6 Å². The first-order valence-electron chi connectivity index (χ1n) is 14.7. The lowest BCUT2D eigenvalue weighted by Crippen LogP contribution is -2.37. The van der Waals surface area contributed by atoms with Gasteiger partial charge in [-0.05, 0) is 65.9 Å². The van der Waals surface area contributed by atoms with Crippen LogP contribution in [0.4, 0.5) is 16.2 Å². The Balaban J connectivity index is 1.13. The number of Topliss-reactive ketones (excluding diaryl/α,β-unsaturated/α-hetero) is 1. The van der Waals surface area contributed by atoms with E-state index in [1.165, 1.54) is 0 Å². The van der Waals surface area contributed by atoms with E-state index >= 15 is 0 Å². The molecule has 1 aliphatic carbocycles. The van der Waals surface area contributed by atoms with Crippen LogP contribution < -0.4 is 20.7 Å². The highest BCUT2D eigenvalue weighted by Gasteiger charge is 2.22. The molecule has 224 valence electrons. The summed E-state index contributed by atoms with van der Waals surface area (Å²) in [6, 6.07) is 12.3. The quantitative estimate of drug-likeness (QED) is 0.331. The molecule has 0 spiro atoms. The van der Waals surface area contributed by atoms with Crippen LogP contribution in [0, 0.1) is 11.3 Å². The molecule has 3 N–H and O–H groups in total. The standard InChI is InChI=1S/C33H32N6O5/c34-20-23-17-26-25(8-9-35-29(26)19-31(23)44-13-1-10-39-11-14-43-15-12-39)21-2-5-28(30(40)18-21)38-33(42)36-24-4-6-27-22(16-24)3-7-32(41)37-27/h2,4-6,8-9,16-17,19H,1,3,7,10-15,18H2,(H,37,41)(H2,36,38,42). The monoisotopic (exact) mass is 592 g/mol. The van der Waals surface area contributed by atoms with Crippen molar-refractivity contribution in [3.63, 3.8) is 0 Å². The number of benzene rings is 2. The largest absolute Gasteiger partial charge is 0.492 e. The summed E-state index contributed by atoms with van der Waals surface area (Å²) < 4.78 is 11.4. The first-order valence-corrected chi connectivity index (χ1v) is 14.7. The number of carbonyl (C=O) groups excluding carboxylic acids is 3. The van der Waals surface area contributed by atoms with Crippen molar-refractivity contribution in [2.45, 2.75) is 25.7 Å². The fraction of sp³-hybridized carbons (Fsp3) is 0.303. The Kier molecular flexibility index (Phi) is 8.63. The third kappa shape index (κ3) is 6.62. The van der Waals surface area contributed by atoms with E-state index in [4.69, 9.17) is 9.47 Å². The van der Waals surface area contributed by atoms with Gasteiger partial charge in [0.1, 0.15) is 11.8 Å². The van der Waals surface area contributed by atoms with E-state index in [2.05, 4.69) is 31.9 Å². The van der Waals surface area contributed by atoms with Crippen molar-refractivity contribution in [1.29, 1.82) is 5.26 Å². The van der Waals surface area contributed by atoms with Crippen molar-refractivity contribution in [1.82, 2.24) is 15.2 Å². The number of nitrogens with one attached hydrogen (secondary N) is 3. The Morgan fingerprint density at radius 1 is 1.09 bits per heavy atom. The van der Waals surface area contributed by atoms with E-state index in [0.29, 0.717) is 42.0 Å². The molecule has 0 atom stereocenters. The van der Waals surface area contributed by atoms with Gasteiger partial charge in [-0.15, -0.1) is 0 Å². The number of morpholine rings is 1. The molecular formula is C33H32N6O5. The maximum absolute atomic E-state index is 13.1. The molecule has 44 heavy (non-hydrogen) atoms. The number of nitrogens with zero attached hydrogens (tertiary/aromatic N) is 3. The molecule has 1 fully saturated rings. The van der Waals surface area contributed by atoms with Gasteiger partial charge in [-0.3, -0.25) is 19.5 Å². The number of nitriles is 1. The second-order valence-electron chi connectivity index (χ2n) is 10.9. The molecule has 3 amide bonds. The minimum absolute atomic E-state index is 0.0270. The summed E-state index contributed by atoms with van der Waals surface area (Å²) in [5.41, 5.74) is 5.04. The predicted molar refractivity (Wildman–Crippen MR) is 165 cm³/mol. The number of allylic oxidation sites excluding steroid dienone is 4. The zero-order chi connectivity index (χ0) is 30.5. The van der Waals surface area contributed by atoms with Gasteiger partial charge in [0, 0.05) is 61.5 Å². The second kappa shape index (κ2) is 13.1. The number of hydrogen-bond acceptors (Lipinski definition) is 8. The van der Waals surface area contributed by atoms with Gasteiger partial charge in [-0.25, -0.2) is 4.79 Å². The normalized spacial score (nSPS) is 16.7. The number of urea groups is 1. The van der Waals surface area contributed by atoms with Gasteiger partial charge in [0.15, 0.2) is 5.78 Å². The van der Waals surface area contributed by atoms with E-state index in [9.17, 15) is 19.6 Å². The molecule has 0 saturated carbocycles. The van der Waals surface area contributed by atoms with Crippen molar-refractivity contribution in [3.8, 4) is 11.8 Å². The summed E-state index contributed by atoms with van der Waals surface area (Å²) in [5.74, 6) is 0.221. The number of amides is 3. The molecule has 2 aliphatic heterocycles. The van der Waals surface area contributed by atoms with Gasteiger partial charge in [-0.1, -0.05) is 6.08 Å². The Hall–Kier alpha value is -5.05. The number of fused-ring (bicyclic) bond motifs is 2. The number of hydrogen-bond donors (Lipinski definition) is 3. The number of ketones is 1. The minimum atomic E-state index is -0.535. The van der Waals surface area contributed by atoms with Gasteiger partial charge in [0.05, 0.1) is 36.6 Å². The number of carbonyl (C=O) groups is 3. The van der Waals surface area contributed by atoms with E-state index in [0.717, 1.165) is 67.0 Å². The zero-order valence-electron chi connectivity index (χ0n) is 24.2. The molecule has 1 aromatic heterocycles. The van der Waals surface area contributed by atoms with Crippen LogP contribution in [-0.2, 0) is 20.7 Å². The van der Waals surface area contributed by atoms with E-state index in [1.54, 1.807) is 42.6 Å². The van der Waals surface area contributed by atoms with Gasteiger partial charge in [-0.2, -0.15) is 5.26 Å². The van der Waals surface area contributed by atoms with Crippen molar-refractivity contribution < 1.29 is 23.9 Å². The third-order valence-electron chi connectivity index (χ3n) is 7.90.